The first-order chi connectivity index (χ1) is 11.3. The van der Waals surface area contributed by atoms with Gasteiger partial charge >= 0.3 is 0 Å². The van der Waals surface area contributed by atoms with Gasteiger partial charge in [0.25, 0.3) is 0 Å². The van der Waals surface area contributed by atoms with Gasteiger partial charge in [-0.15, -0.1) is 0 Å². The highest BCUT2D eigenvalue weighted by Gasteiger charge is 2.18. The number of nitrogens with one attached hydrogen (secondary N) is 1. The minimum Gasteiger partial charge on any atom is -0.358 e. The first kappa shape index (κ1) is 15.9. The van der Waals surface area contributed by atoms with E-state index < -0.39 is 0 Å². The van der Waals surface area contributed by atoms with Crippen molar-refractivity contribution in [3.8, 4) is 0 Å². The molecular formula is C18H22N4S. The molecule has 0 aliphatic carbocycles. The largest absolute Gasteiger partial charge is 0.358 e. The van der Waals surface area contributed by atoms with Crippen molar-refractivity contribution in [2.75, 3.05) is 26.2 Å². The number of rotatable bonds is 4. The van der Waals surface area contributed by atoms with Crippen molar-refractivity contribution in [1.29, 1.82) is 0 Å². The van der Waals surface area contributed by atoms with Crippen LogP contribution >= 0.6 is 12.2 Å². The molecule has 0 bridgehead atoms. The van der Waals surface area contributed by atoms with Crippen LogP contribution in [0.5, 0.6) is 0 Å². The van der Waals surface area contributed by atoms with Gasteiger partial charge in [-0.2, -0.15) is 0 Å². The summed E-state index contributed by atoms with van der Waals surface area (Å²) in [6, 6.07) is 14.5. The molecule has 3 rings (SSSR count). The summed E-state index contributed by atoms with van der Waals surface area (Å²) in [5.41, 5.74) is 2.57. The highest BCUT2D eigenvalue weighted by atomic mass is 32.1. The predicted octanol–water partition coefficient (Wildman–Crippen LogP) is 2.27. The number of hydrogen-bond donors (Lipinski definition) is 1. The standard InChI is InChI=1S/C18H22N4S/c23-18(20-14-16-4-2-1-3-5-16)22-12-10-21(11-13-22)15-17-6-8-19-9-7-17/h1-9H,10-15H2,(H,20,23). The average Bonchev–Trinajstić information content (AvgIpc) is 2.62. The van der Waals surface area contributed by atoms with Crippen molar-refractivity contribution < 1.29 is 0 Å². The van der Waals surface area contributed by atoms with Crippen molar-refractivity contribution >= 4 is 17.3 Å². The van der Waals surface area contributed by atoms with Gasteiger partial charge in [0.05, 0.1) is 0 Å². The van der Waals surface area contributed by atoms with Gasteiger partial charge in [-0.25, -0.2) is 0 Å². The Morgan fingerprint density at radius 2 is 1.65 bits per heavy atom. The van der Waals surface area contributed by atoms with E-state index in [-0.39, 0.29) is 0 Å². The van der Waals surface area contributed by atoms with Gasteiger partial charge in [-0.05, 0) is 35.5 Å². The Balaban J connectivity index is 1.42. The van der Waals surface area contributed by atoms with Crippen molar-refractivity contribution in [1.82, 2.24) is 20.1 Å². The molecule has 1 aliphatic rings. The number of aromatic nitrogens is 1. The predicted molar refractivity (Wildman–Crippen MR) is 97.0 cm³/mol. The summed E-state index contributed by atoms with van der Waals surface area (Å²) in [5, 5.41) is 4.22. The molecule has 0 saturated carbocycles. The van der Waals surface area contributed by atoms with Gasteiger partial charge in [0.15, 0.2) is 5.11 Å². The van der Waals surface area contributed by atoms with Gasteiger partial charge in [-0.1, -0.05) is 30.3 Å². The molecule has 1 fully saturated rings. The Hall–Kier alpha value is -1.98. The Morgan fingerprint density at radius 1 is 0.957 bits per heavy atom. The molecule has 1 aliphatic heterocycles. The monoisotopic (exact) mass is 326 g/mol. The number of hydrogen-bond acceptors (Lipinski definition) is 3. The SMILES string of the molecule is S=C(NCc1ccccc1)N1CCN(Cc2ccncc2)CC1. The third kappa shape index (κ3) is 4.74. The molecule has 0 radical (unpaired) electrons. The fourth-order valence-corrected chi connectivity index (χ4v) is 3.00. The van der Waals surface area contributed by atoms with E-state index in [1.807, 2.05) is 18.5 Å². The molecule has 0 atom stereocenters. The average molecular weight is 326 g/mol. The van der Waals surface area contributed by atoms with Crippen molar-refractivity contribution in [3.05, 3.63) is 66.0 Å². The molecule has 0 unspecified atom stereocenters. The maximum atomic E-state index is 5.53. The Kier molecular flexibility index (Phi) is 5.56. The first-order valence-electron chi connectivity index (χ1n) is 7.99. The summed E-state index contributed by atoms with van der Waals surface area (Å²) in [6.45, 7) is 5.81. The Morgan fingerprint density at radius 3 is 2.35 bits per heavy atom. The Bertz CT molecular complexity index is 609. The van der Waals surface area contributed by atoms with Gasteiger partial charge < -0.3 is 10.2 Å². The third-order valence-electron chi connectivity index (χ3n) is 4.10. The molecule has 1 saturated heterocycles. The summed E-state index contributed by atoms with van der Waals surface area (Å²) in [6.07, 6.45) is 3.71. The van der Waals surface area contributed by atoms with Crippen LogP contribution in [-0.2, 0) is 13.1 Å². The van der Waals surface area contributed by atoms with Gasteiger partial charge in [0.1, 0.15) is 0 Å². The zero-order valence-electron chi connectivity index (χ0n) is 13.2. The fraction of sp³-hybridized carbons (Fsp3) is 0.333. The van der Waals surface area contributed by atoms with Crippen LogP contribution in [-0.4, -0.2) is 46.1 Å². The number of pyridine rings is 1. The maximum Gasteiger partial charge on any atom is 0.169 e. The molecule has 0 spiro atoms. The number of thiocarbonyl (C=S) groups is 1. The summed E-state index contributed by atoms with van der Waals surface area (Å²) < 4.78 is 0. The molecule has 2 aromatic rings. The van der Waals surface area contributed by atoms with Crippen LogP contribution in [0.4, 0.5) is 0 Å². The van der Waals surface area contributed by atoms with Crippen molar-refractivity contribution in [2.45, 2.75) is 13.1 Å². The highest BCUT2D eigenvalue weighted by Crippen LogP contribution is 2.08. The van der Waals surface area contributed by atoms with Gasteiger partial charge in [0, 0.05) is 51.7 Å². The molecule has 120 valence electrons. The maximum absolute atomic E-state index is 5.53. The zero-order valence-corrected chi connectivity index (χ0v) is 14.0. The third-order valence-corrected chi connectivity index (χ3v) is 4.50. The molecule has 1 aromatic carbocycles. The van der Waals surface area contributed by atoms with Gasteiger partial charge in [-0.3, -0.25) is 9.88 Å². The summed E-state index contributed by atoms with van der Waals surface area (Å²) >= 11 is 5.53. The normalized spacial score (nSPS) is 15.4. The first-order valence-corrected chi connectivity index (χ1v) is 8.40. The van der Waals surface area contributed by atoms with E-state index >= 15 is 0 Å². The number of benzene rings is 1. The minimum absolute atomic E-state index is 0.789. The molecule has 23 heavy (non-hydrogen) atoms. The van der Waals surface area contributed by atoms with Crippen LogP contribution < -0.4 is 5.32 Å². The molecule has 0 amide bonds. The van der Waals surface area contributed by atoms with Crippen molar-refractivity contribution in [2.24, 2.45) is 0 Å². The van der Waals surface area contributed by atoms with E-state index in [4.69, 9.17) is 12.2 Å². The molecule has 2 heterocycles. The van der Waals surface area contributed by atoms with E-state index in [9.17, 15) is 0 Å². The van der Waals surface area contributed by atoms with Crippen LogP contribution in [0.25, 0.3) is 0 Å². The topological polar surface area (TPSA) is 31.4 Å². The molecule has 4 nitrogen and oxygen atoms in total. The summed E-state index contributed by atoms with van der Waals surface area (Å²) in [4.78, 5) is 8.80. The van der Waals surface area contributed by atoms with E-state index in [0.717, 1.165) is 44.4 Å². The lowest BCUT2D eigenvalue weighted by atomic mass is 10.2. The minimum atomic E-state index is 0.789. The van der Waals surface area contributed by atoms with Crippen LogP contribution in [0.3, 0.4) is 0 Å². The molecule has 1 N–H and O–H groups in total. The second kappa shape index (κ2) is 8.04. The van der Waals surface area contributed by atoms with Crippen molar-refractivity contribution in [3.63, 3.8) is 0 Å². The van der Waals surface area contributed by atoms with Crippen LogP contribution in [0.15, 0.2) is 54.9 Å². The lowest BCUT2D eigenvalue weighted by Gasteiger charge is -2.36. The lowest BCUT2D eigenvalue weighted by Crippen LogP contribution is -2.51. The number of piperazine rings is 1. The second-order valence-electron chi connectivity index (χ2n) is 5.76. The van der Waals surface area contributed by atoms with E-state index in [1.54, 1.807) is 0 Å². The Labute approximate surface area is 143 Å². The van der Waals surface area contributed by atoms with Crippen LogP contribution in [0.2, 0.25) is 0 Å². The quantitative estimate of drug-likeness (QED) is 0.871. The van der Waals surface area contributed by atoms with Gasteiger partial charge in [0.2, 0.25) is 0 Å². The van der Waals surface area contributed by atoms with E-state index in [1.165, 1.54) is 11.1 Å². The van der Waals surface area contributed by atoms with Crippen LogP contribution in [0.1, 0.15) is 11.1 Å². The smallest absolute Gasteiger partial charge is 0.169 e. The lowest BCUT2D eigenvalue weighted by molar-refractivity contribution is 0.174. The molecule has 1 aromatic heterocycles. The van der Waals surface area contributed by atoms with E-state index in [2.05, 4.69) is 56.5 Å². The second-order valence-corrected chi connectivity index (χ2v) is 6.15. The fourth-order valence-electron chi connectivity index (χ4n) is 2.74. The molecular weight excluding hydrogens is 304 g/mol. The van der Waals surface area contributed by atoms with E-state index in [0.29, 0.717) is 0 Å². The molecule has 5 heteroatoms. The summed E-state index contributed by atoms with van der Waals surface area (Å²) in [5.74, 6) is 0. The highest BCUT2D eigenvalue weighted by molar-refractivity contribution is 7.80. The zero-order chi connectivity index (χ0) is 15.9. The summed E-state index contributed by atoms with van der Waals surface area (Å²) in [7, 11) is 0. The van der Waals surface area contributed by atoms with Crippen LogP contribution in [0, 0.1) is 0 Å². The number of nitrogens with zero attached hydrogens (tertiary/aromatic N) is 3.